The maximum Gasteiger partial charge on any atom is 0.306 e. The van der Waals surface area contributed by atoms with Gasteiger partial charge in [0.2, 0.25) is 0 Å². The highest BCUT2D eigenvalue weighted by atomic mass is 16.6. The molecule has 0 aliphatic carbocycles. The van der Waals surface area contributed by atoms with Crippen LogP contribution >= 0.6 is 0 Å². The van der Waals surface area contributed by atoms with Crippen LogP contribution < -0.4 is 0 Å². The van der Waals surface area contributed by atoms with Crippen LogP contribution in [-0.4, -0.2) is 37.2 Å². The summed E-state index contributed by atoms with van der Waals surface area (Å²) in [6.07, 6.45) is 64.3. The Bertz CT molecular complexity index is 1220. The molecule has 0 heterocycles. The second-order valence-electron chi connectivity index (χ2n) is 16.8. The fourth-order valence-corrected chi connectivity index (χ4v) is 6.72. The summed E-state index contributed by atoms with van der Waals surface area (Å²) in [5.41, 5.74) is 0. The number of carbonyl (C=O) groups is 3. The van der Waals surface area contributed by atoms with Crippen molar-refractivity contribution in [2.24, 2.45) is 0 Å². The summed E-state index contributed by atoms with van der Waals surface area (Å²) in [6.45, 7) is 6.47. The Morgan fingerprint density at radius 2 is 0.661 bits per heavy atom. The molecule has 1 atom stereocenters. The lowest BCUT2D eigenvalue weighted by atomic mass is 10.1. The normalized spacial score (nSPS) is 12.8. The molecule has 0 fully saturated rings. The van der Waals surface area contributed by atoms with Crippen LogP contribution in [0.5, 0.6) is 0 Å². The van der Waals surface area contributed by atoms with Gasteiger partial charge in [-0.05, 0) is 96.3 Å². The van der Waals surface area contributed by atoms with Gasteiger partial charge in [-0.2, -0.15) is 0 Å². The molecule has 0 radical (unpaired) electrons. The van der Waals surface area contributed by atoms with E-state index in [9.17, 15) is 14.4 Å². The quantitative estimate of drug-likeness (QED) is 0.0199. The van der Waals surface area contributed by atoms with Crippen LogP contribution in [0, 0.1) is 0 Å². The zero-order valence-corrected chi connectivity index (χ0v) is 40.4. The molecule has 0 aromatic rings. The summed E-state index contributed by atoms with van der Waals surface area (Å²) < 4.78 is 16.7. The summed E-state index contributed by atoms with van der Waals surface area (Å²) in [5, 5.41) is 0. The molecule has 0 amide bonds. The monoisotopic (exact) mass is 863 g/mol. The van der Waals surface area contributed by atoms with E-state index in [1.807, 2.05) is 0 Å². The molecule has 0 aliphatic rings. The third kappa shape index (κ3) is 47.6. The second kappa shape index (κ2) is 50.2. The van der Waals surface area contributed by atoms with Crippen molar-refractivity contribution in [1.29, 1.82) is 0 Å². The Balaban J connectivity index is 4.53. The zero-order chi connectivity index (χ0) is 45.1. The van der Waals surface area contributed by atoms with Gasteiger partial charge in [-0.3, -0.25) is 14.4 Å². The van der Waals surface area contributed by atoms with Gasteiger partial charge >= 0.3 is 17.9 Å². The molecule has 62 heavy (non-hydrogen) atoms. The Kier molecular flexibility index (Phi) is 47.5. The van der Waals surface area contributed by atoms with Crippen LogP contribution in [0.4, 0.5) is 0 Å². The van der Waals surface area contributed by atoms with E-state index in [-0.39, 0.29) is 44.0 Å². The molecule has 6 heteroatoms. The second-order valence-corrected chi connectivity index (χ2v) is 16.8. The fourth-order valence-electron chi connectivity index (χ4n) is 6.72. The molecule has 0 bridgehead atoms. The predicted molar refractivity (Wildman–Crippen MR) is 265 cm³/mol. The minimum atomic E-state index is -0.821. The Labute approximate surface area is 382 Å². The summed E-state index contributed by atoms with van der Waals surface area (Å²) in [5.74, 6) is -1.03. The van der Waals surface area contributed by atoms with Gasteiger partial charge in [0.25, 0.3) is 0 Å². The minimum Gasteiger partial charge on any atom is -0.462 e. The third-order valence-corrected chi connectivity index (χ3v) is 10.6. The number of unbranched alkanes of at least 4 members (excludes halogenated alkanes) is 22. The van der Waals surface area contributed by atoms with E-state index in [1.54, 1.807) is 0 Å². The average Bonchev–Trinajstić information content (AvgIpc) is 3.27. The number of allylic oxidation sites excluding steroid dienone is 14. The van der Waals surface area contributed by atoms with E-state index >= 15 is 0 Å². The summed E-state index contributed by atoms with van der Waals surface area (Å²) >= 11 is 0. The lowest BCUT2D eigenvalue weighted by Crippen LogP contribution is -2.30. The molecular formula is C56H94O6. The van der Waals surface area contributed by atoms with E-state index in [0.29, 0.717) is 12.8 Å². The highest BCUT2D eigenvalue weighted by molar-refractivity contribution is 5.71. The Morgan fingerprint density at radius 1 is 0.339 bits per heavy atom. The fraction of sp³-hybridized carbons (Fsp3) is 0.696. The Morgan fingerprint density at radius 3 is 1.11 bits per heavy atom. The van der Waals surface area contributed by atoms with Crippen LogP contribution in [-0.2, 0) is 28.6 Å². The van der Waals surface area contributed by atoms with Gasteiger partial charge in [0.15, 0.2) is 6.10 Å². The number of ether oxygens (including phenoxy) is 3. The van der Waals surface area contributed by atoms with Crippen molar-refractivity contribution in [2.75, 3.05) is 13.2 Å². The lowest BCUT2D eigenvalue weighted by Gasteiger charge is -2.18. The molecular weight excluding hydrogens is 769 g/mol. The molecule has 0 N–H and O–H groups in total. The molecule has 0 saturated heterocycles. The maximum atomic E-state index is 12.8. The van der Waals surface area contributed by atoms with Crippen molar-refractivity contribution in [3.05, 3.63) is 85.1 Å². The lowest BCUT2D eigenvalue weighted by molar-refractivity contribution is -0.167. The van der Waals surface area contributed by atoms with Crippen LogP contribution in [0.15, 0.2) is 85.1 Å². The minimum absolute atomic E-state index is 0.118. The van der Waals surface area contributed by atoms with E-state index in [2.05, 4.69) is 106 Å². The molecule has 354 valence electrons. The van der Waals surface area contributed by atoms with Crippen LogP contribution in [0.25, 0.3) is 0 Å². The van der Waals surface area contributed by atoms with Crippen LogP contribution in [0.1, 0.15) is 233 Å². The molecule has 0 aliphatic heterocycles. The summed E-state index contributed by atoms with van der Waals surface area (Å²) in [4.78, 5) is 37.9. The maximum absolute atomic E-state index is 12.8. The van der Waals surface area contributed by atoms with Gasteiger partial charge in [0.05, 0.1) is 0 Å². The van der Waals surface area contributed by atoms with Crippen molar-refractivity contribution in [1.82, 2.24) is 0 Å². The molecule has 0 aromatic carbocycles. The highest BCUT2D eigenvalue weighted by Crippen LogP contribution is 2.12. The molecule has 6 nitrogen and oxygen atoms in total. The third-order valence-electron chi connectivity index (χ3n) is 10.6. The Hall–Kier alpha value is -3.41. The van der Waals surface area contributed by atoms with E-state index in [4.69, 9.17) is 14.2 Å². The molecule has 0 spiro atoms. The number of rotatable bonds is 45. The number of hydrogen-bond donors (Lipinski definition) is 0. The summed E-state index contributed by atoms with van der Waals surface area (Å²) in [7, 11) is 0. The number of carbonyl (C=O) groups excluding carboxylic acids is 3. The molecule has 0 aromatic heterocycles. The van der Waals surface area contributed by atoms with Gasteiger partial charge in [-0.25, -0.2) is 0 Å². The van der Waals surface area contributed by atoms with Crippen molar-refractivity contribution < 1.29 is 28.6 Å². The van der Waals surface area contributed by atoms with Gasteiger partial charge in [0, 0.05) is 19.3 Å². The highest BCUT2D eigenvalue weighted by Gasteiger charge is 2.19. The smallest absolute Gasteiger partial charge is 0.306 e. The van der Waals surface area contributed by atoms with Crippen molar-refractivity contribution in [2.45, 2.75) is 239 Å². The SMILES string of the molecule is CCCC/C=C\C=C/CCCCCC(=O)OCC(COC(=O)CCC/C=C\C/C=C\C/C=C\CCCCCCCC)OC(=O)CCCCC/C=C\C=C/CCCCCCCCC. The van der Waals surface area contributed by atoms with Gasteiger partial charge < -0.3 is 14.2 Å². The van der Waals surface area contributed by atoms with Gasteiger partial charge in [-0.15, -0.1) is 0 Å². The van der Waals surface area contributed by atoms with Crippen molar-refractivity contribution in [3.63, 3.8) is 0 Å². The first-order chi connectivity index (χ1) is 30.5. The van der Waals surface area contributed by atoms with Crippen molar-refractivity contribution in [3.8, 4) is 0 Å². The first kappa shape index (κ1) is 58.6. The first-order valence-corrected chi connectivity index (χ1v) is 25.6. The predicted octanol–water partition coefficient (Wildman–Crippen LogP) is 16.8. The first-order valence-electron chi connectivity index (χ1n) is 25.6. The standard InChI is InChI=1S/C56H94O6/c1-4-7-10-13-16-19-22-24-26-28-30-31-34-37-40-43-46-49-55(58)61-52-53(51-60-54(57)48-45-42-39-36-33-21-18-15-12-9-6-3)62-56(59)50-47-44-41-38-35-32-29-27-25-23-20-17-14-11-8-5-2/h15,18,21,24,26-27,29-33,35,37,40,53H,4-14,16-17,19-20,22-23,25,28,34,36,38-39,41-52H2,1-3H3/b18-15-,26-24-,29-27-,31-30-,33-21-,35-32-,40-37-. The number of hydrogen-bond acceptors (Lipinski definition) is 6. The average molecular weight is 863 g/mol. The van der Waals surface area contributed by atoms with Gasteiger partial charge in [-0.1, -0.05) is 202 Å². The van der Waals surface area contributed by atoms with E-state index in [1.165, 1.54) is 103 Å². The zero-order valence-electron chi connectivity index (χ0n) is 40.4. The van der Waals surface area contributed by atoms with E-state index in [0.717, 1.165) is 83.5 Å². The van der Waals surface area contributed by atoms with E-state index < -0.39 is 6.10 Å². The largest absolute Gasteiger partial charge is 0.462 e. The van der Waals surface area contributed by atoms with Crippen LogP contribution in [0.2, 0.25) is 0 Å². The van der Waals surface area contributed by atoms with Crippen LogP contribution in [0.3, 0.4) is 0 Å². The van der Waals surface area contributed by atoms with Crippen molar-refractivity contribution >= 4 is 17.9 Å². The summed E-state index contributed by atoms with van der Waals surface area (Å²) in [6, 6.07) is 0. The topological polar surface area (TPSA) is 78.9 Å². The molecule has 0 rings (SSSR count). The molecule has 0 saturated carbocycles. The molecule has 1 unspecified atom stereocenters. The number of esters is 3. The van der Waals surface area contributed by atoms with Gasteiger partial charge in [0.1, 0.15) is 13.2 Å².